The summed E-state index contributed by atoms with van der Waals surface area (Å²) >= 11 is 0. The molecule has 4 rings (SSSR count). The molecular weight excluding hydrogens is 678 g/mol. The number of hydrogen-bond acceptors (Lipinski definition) is 15. The van der Waals surface area contributed by atoms with E-state index in [1.807, 2.05) is 18.3 Å². The fourth-order valence-electron chi connectivity index (χ4n) is 4.55. The van der Waals surface area contributed by atoms with Gasteiger partial charge in [-0.15, -0.1) is 0 Å². The maximum absolute atomic E-state index is 13.0. The molecule has 0 saturated carbocycles. The number of nitrogens with zero attached hydrogens (tertiary/aromatic N) is 3. The Hall–Kier alpha value is -6.05. The van der Waals surface area contributed by atoms with Gasteiger partial charge in [0.1, 0.15) is 25.7 Å². The fraction of sp³-hybridized carbons (Fsp3) is 0.452. The quantitative estimate of drug-likeness (QED) is 0.172. The van der Waals surface area contributed by atoms with Gasteiger partial charge in [-0.1, -0.05) is 24.3 Å². The number of esters is 4. The third-order valence-electron chi connectivity index (χ3n) is 7.15. The van der Waals surface area contributed by atoms with Gasteiger partial charge in [0.05, 0.1) is 31.6 Å². The number of anilines is 1. The number of aromatic nitrogens is 2. The Bertz CT molecular complexity index is 1590. The van der Waals surface area contributed by atoms with Gasteiger partial charge in [-0.05, 0) is 11.1 Å². The molecule has 20 nitrogen and oxygen atoms in total. The molecule has 274 valence electrons. The second-order valence-electron chi connectivity index (χ2n) is 11.1. The van der Waals surface area contributed by atoms with Gasteiger partial charge in [0.2, 0.25) is 0 Å². The van der Waals surface area contributed by atoms with E-state index < -0.39 is 99.6 Å². The van der Waals surface area contributed by atoms with Crippen LogP contribution in [0.4, 0.5) is 5.69 Å². The van der Waals surface area contributed by atoms with Crippen LogP contribution in [0, 0.1) is 0 Å². The largest absolute Gasteiger partial charge is 0.454 e. The summed E-state index contributed by atoms with van der Waals surface area (Å²) in [5.41, 5.74) is 2.51. The number of rotatable bonds is 5. The van der Waals surface area contributed by atoms with Gasteiger partial charge >= 0.3 is 23.9 Å². The molecule has 4 amide bonds. The minimum Gasteiger partial charge on any atom is -0.454 e. The van der Waals surface area contributed by atoms with Crippen LogP contribution in [0.25, 0.3) is 0 Å². The highest BCUT2D eigenvalue weighted by Gasteiger charge is 2.25. The first-order valence-electron chi connectivity index (χ1n) is 15.7. The van der Waals surface area contributed by atoms with Crippen LogP contribution in [0.2, 0.25) is 0 Å². The Morgan fingerprint density at radius 1 is 0.647 bits per heavy atom. The topological polar surface area (TPSA) is 252 Å². The SMILES string of the molecule is O=C1COC(=O)CNC(=O)COC(=O)C(Cc2ccc(Cn3cc(N4CCOCC4)cn3)cc2)NC(=O)COC(=O)CNC(=O)COC(=O)CN1. The molecule has 51 heavy (non-hydrogen) atoms. The summed E-state index contributed by atoms with van der Waals surface area (Å²) in [6.45, 7) is -1.91. The van der Waals surface area contributed by atoms with E-state index in [0.717, 1.165) is 24.3 Å². The Morgan fingerprint density at radius 3 is 1.69 bits per heavy atom. The third kappa shape index (κ3) is 13.4. The van der Waals surface area contributed by atoms with E-state index in [1.54, 1.807) is 23.0 Å². The number of cyclic esters (lactones) is 4. The predicted octanol–water partition coefficient (Wildman–Crippen LogP) is -3.67. The number of morpholine rings is 1. The first-order valence-corrected chi connectivity index (χ1v) is 15.7. The van der Waals surface area contributed by atoms with Crippen molar-refractivity contribution in [1.82, 2.24) is 31.0 Å². The lowest BCUT2D eigenvalue weighted by molar-refractivity contribution is -0.154. The summed E-state index contributed by atoms with van der Waals surface area (Å²) in [7, 11) is 0. The van der Waals surface area contributed by atoms with E-state index >= 15 is 0 Å². The fourth-order valence-corrected chi connectivity index (χ4v) is 4.55. The molecule has 3 heterocycles. The average molecular weight is 716 g/mol. The van der Waals surface area contributed by atoms with Gasteiger partial charge in [-0.2, -0.15) is 5.10 Å². The molecule has 1 aromatic heterocycles. The Kier molecular flexibility index (Phi) is 14.2. The maximum Gasteiger partial charge on any atom is 0.329 e. The number of benzene rings is 1. The van der Waals surface area contributed by atoms with Crippen LogP contribution >= 0.6 is 0 Å². The van der Waals surface area contributed by atoms with E-state index in [4.69, 9.17) is 18.9 Å². The molecule has 1 unspecified atom stereocenters. The van der Waals surface area contributed by atoms with Crippen molar-refractivity contribution < 1.29 is 62.0 Å². The molecule has 20 heteroatoms. The van der Waals surface area contributed by atoms with Crippen molar-refractivity contribution in [2.24, 2.45) is 0 Å². The number of ether oxygens (including phenoxy) is 5. The van der Waals surface area contributed by atoms with Crippen LogP contribution in [-0.2, 0) is 75.0 Å². The molecule has 0 spiro atoms. The highest BCUT2D eigenvalue weighted by molar-refractivity contribution is 5.90. The molecule has 2 fully saturated rings. The third-order valence-corrected chi connectivity index (χ3v) is 7.15. The lowest BCUT2D eigenvalue weighted by atomic mass is 10.0. The molecule has 0 bridgehead atoms. The lowest BCUT2D eigenvalue weighted by Gasteiger charge is -2.27. The standard InChI is InChI=1S/C31H37N7O13/c39-24-16-49-29(44)12-34-26(41)18-51-31(46)23(36-27(42)19-50-30(45)13-33-25(40)17-48-28(43)11-32-24)9-20-1-3-21(4-2-20)14-38-15-22(10-35-38)37-5-7-47-8-6-37/h1-4,10,15,23H,5-9,11-14,16-19H2,(H,32,39)(H,33,40)(H,34,41)(H,36,42). The molecule has 2 saturated heterocycles. The number of carbonyl (C=O) groups is 8. The van der Waals surface area contributed by atoms with Gasteiger partial charge in [-0.25, -0.2) is 4.79 Å². The normalized spacial score (nSPS) is 19.9. The molecule has 4 N–H and O–H groups in total. The summed E-state index contributed by atoms with van der Waals surface area (Å²) in [6.07, 6.45) is 3.65. The summed E-state index contributed by atoms with van der Waals surface area (Å²) < 4.78 is 26.5. The zero-order valence-electron chi connectivity index (χ0n) is 27.4. The molecular formula is C31H37N7O13. The highest BCUT2D eigenvalue weighted by atomic mass is 16.6. The molecule has 2 aliphatic rings. The van der Waals surface area contributed by atoms with Crippen LogP contribution in [0.3, 0.4) is 0 Å². The molecule has 1 aromatic carbocycles. The van der Waals surface area contributed by atoms with Crippen LogP contribution in [0.15, 0.2) is 36.7 Å². The predicted molar refractivity (Wildman–Crippen MR) is 169 cm³/mol. The number of amides is 4. The van der Waals surface area contributed by atoms with Crippen molar-refractivity contribution in [3.8, 4) is 0 Å². The van der Waals surface area contributed by atoms with Crippen molar-refractivity contribution in [2.45, 2.75) is 19.0 Å². The van der Waals surface area contributed by atoms with Crippen LogP contribution in [-0.4, -0.2) is 136 Å². The molecule has 0 radical (unpaired) electrons. The number of hydrogen-bond donors (Lipinski definition) is 4. The smallest absolute Gasteiger partial charge is 0.329 e. The van der Waals surface area contributed by atoms with Crippen molar-refractivity contribution in [3.05, 3.63) is 47.8 Å². The summed E-state index contributed by atoms with van der Waals surface area (Å²) in [5, 5.41) is 13.2. The Balaban J connectivity index is 1.37. The van der Waals surface area contributed by atoms with E-state index in [1.165, 1.54) is 0 Å². The average Bonchev–Trinajstić information content (AvgIpc) is 3.60. The van der Waals surface area contributed by atoms with Crippen LogP contribution in [0.1, 0.15) is 11.1 Å². The van der Waals surface area contributed by atoms with Crippen LogP contribution in [0.5, 0.6) is 0 Å². The van der Waals surface area contributed by atoms with Gasteiger partial charge < -0.3 is 49.9 Å². The van der Waals surface area contributed by atoms with Gasteiger partial charge in [0.15, 0.2) is 26.4 Å². The number of carbonyl (C=O) groups excluding carboxylic acids is 8. The van der Waals surface area contributed by atoms with Gasteiger partial charge in [0.25, 0.3) is 23.6 Å². The molecule has 2 aliphatic heterocycles. The van der Waals surface area contributed by atoms with E-state index in [-0.39, 0.29) is 6.42 Å². The van der Waals surface area contributed by atoms with Crippen LogP contribution < -0.4 is 26.2 Å². The maximum atomic E-state index is 13.0. The summed E-state index contributed by atoms with van der Waals surface area (Å²) in [4.78, 5) is 99.5. The second-order valence-corrected chi connectivity index (χ2v) is 11.1. The summed E-state index contributed by atoms with van der Waals surface area (Å²) in [5.74, 6) is -7.55. The van der Waals surface area contributed by atoms with Crippen molar-refractivity contribution in [3.63, 3.8) is 0 Å². The van der Waals surface area contributed by atoms with Crippen molar-refractivity contribution in [1.29, 1.82) is 0 Å². The first-order chi connectivity index (χ1) is 24.5. The van der Waals surface area contributed by atoms with Gasteiger partial charge in [-0.3, -0.25) is 38.2 Å². The summed E-state index contributed by atoms with van der Waals surface area (Å²) in [6, 6.07) is 5.80. The molecule has 2 aromatic rings. The Labute approximate surface area is 290 Å². The Morgan fingerprint density at radius 2 is 1.14 bits per heavy atom. The monoisotopic (exact) mass is 715 g/mol. The lowest BCUT2D eigenvalue weighted by Crippen LogP contribution is -2.46. The number of nitrogens with one attached hydrogen (secondary N) is 4. The molecule has 0 aliphatic carbocycles. The minimum absolute atomic E-state index is 0.0768. The van der Waals surface area contributed by atoms with Crippen molar-refractivity contribution in [2.75, 3.05) is 77.3 Å². The zero-order chi connectivity index (χ0) is 36.6. The van der Waals surface area contributed by atoms with E-state index in [0.29, 0.717) is 25.3 Å². The minimum atomic E-state index is -1.33. The second kappa shape index (κ2) is 19.2. The highest BCUT2D eigenvalue weighted by Crippen LogP contribution is 2.16. The zero-order valence-corrected chi connectivity index (χ0v) is 27.4. The van der Waals surface area contributed by atoms with E-state index in [2.05, 4.69) is 36.0 Å². The van der Waals surface area contributed by atoms with Gasteiger partial charge in [0, 0.05) is 25.7 Å². The van der Waals surface area contributed by atoms with E-state index in [9.17, 15) is 38.4 Å². The molecule has 1 atom stereocenters. The first kappa shape index (κ1) is 37.8. The van der Waals surface area contributed by atoms with Crippen molar-refractivity contribution >= 4 is 53.2 Å².